The van der Waals surface area contributed by atoms with E-state index in [-0.39, 0.29) is 23.7 Å². The van der Waals surface area contributed by atoms with Gasteiger partial charge in [0.1, 0.15) is 6.04 Å². The van der Waals surface area contributed by atoms with E-state index in [9.17, 15) is 9.59 Å². The van der Waals surface area contributed by atoms with Gasteiger partial charge in [-0.25, -0.2) is 0 Å². The zero-order valence-corrected chi connectivity index (χ0v) is 17.0. The van der Waals surface area contributed by atoms with E-state index in [1.54, 1.807) is 4.90 Å². The van der Waals surface area contributed by atoms with Gasteiger partial charge in [-0.3, -0.25) is 9.59 Å². The minimum atomic E-state index is -0.458. The summed E-state index contributed by atoms with van der Waals surface area (Å²) >= 11 is 0. The molecule has 4 heteroatoms. The summed E-state index contributed by atoms with van der Waals surface area (Å²) in [5.74, 6) is 0.180. The van der Waals surface area contributed by atoms with Gasteiger partial charge in [0.15, 0.2) is 0 Å². The summed E-state index contributed by atoms with van der Waals surface area (Å²) in [7, 11) is 1.82. The van der Waals surface area contributed by atoms with Crippen LogP contribution in [0.15, 0.2) is 18.2 Å². The lowest BCUT2D eigenvalue weighted by atomic mass is 9.88. The van der Waals surface area contributed by atoms with Crippen LogP contribution in [-0.2, 0) is 16.1 Å². The maximum atomic E-state index is 13.0. The molecule has 0 heterocycles. The van der Waals surface area contributed by atoms with Crippen LogP contribution in [0.2, 0.25) is 0 Å². The summed E-state index contributed by atoms with van der Waals surface area (Å²) in [5, 5.41) is 3.05. The molecule has 0 aliphatic heterocycles. The fourth-order valence-electron chi connectivity index (χ4n) is 3.74. The van der Waals surface area contributed by atoms with Crippen LogP contribution in [-0.4, -0.2) is 29.8 Å². The van der Waals surface area contributed by atoms with E-state index in [1.165, 1.54) is 17.5 Å². The first-order chi connectivity index (χ1) is 12.3. The molecule has 1 fully saturated rings. The predicted molar refractivity (Wildman–Crippen MR) is 106 cm³/mol. The van der Waals surface area contributed by atoms with Gasteiger partial charge in [0, 0.05) is 19.5 Å². The smallest absolute Gasteiger partial charge is 0.245 e. The van der Waals surface area contributed by atoms with Crippen molar-refractivity contribution in [2.45, 2.75) is 72.4 Å². The molecule has 1 aliphatic carbocycles. The Morgan fingerprint density at radius 3 is 2.38 bits per heavy atom. The molecule has 0 saturated heterocycles. The van der Waals surface area contributed by atoms with Gasteiger partial charge in [0.05, 0.1) is 0 Å². The molecular formula is C22H34N2O2. The van der Waals surface area contributed by atoms with E-state index in [0.717, 1.165) is 31.2 Å². The minimum Gasteiger partial charge on any atom is -0.344 e. The second kappa shape index (κ2) is 9.20. The van der Waals surface area contributed by atoms with Crippen LogP contribution < -0.4 is 5.32 Å². The van der Waals surface area contributed by atoms with E-state index in [1.807, 2.05) is 20.9 Å². The molecule has 1 N–H and O–H groups in total. The molecule has 0 radical (unpaired) electrons. The molecule has 1 unspecified atom stereocenters. The predicted octanol–water partition coefficient (Wildman–Crippen LogP) is 3.98. The normalized spacial score (nSPS) is 16.4. The number of likely N-dealkylation sites (N-methyl/N-ethyl adjacent to an activating group) is 1. The van der Waals surface area contributed by atoms with Gasteiger partial charge in [-0.1, -0.05) is 56.9 Å². The van der Waals surface area contributed by atoms with Gasteiger partial charge in [-0.15, -0.1) is 0 Å². The molecule has 1 aromatic carbocycles. The zero-order chi connectivity index (χ0) is 19.3. The van der Waals surface area contributed by atoms with Crippen LogP contribution in [0.3, 0.4) is 0 Å². The van der Waals surface area contributed by atoms with E-state index in [0.29, 0.717) is 6.54 Å². The van der Waals surface area contributed by atoms with Crippen LogP contribution in [0.4, 0.5) is 0 Å². The topological polar surface area (TPSA) is 49.4 Å². The standard InChI is InChI=1S/C22H34N2O2/c1-15(2)20(23-21(25)18-9-7-6-8-10-18)22(26)24(5)14-19-12-11-16(3)13-17(19)4/h11-13,15,18,20H,6-10,14H2,1-5H3,(H,23,25). The van der Waals surface area contributed by atoms with Gasteiger partial charge in [0.25, 0.3) is 0 Å². The Morgan fingerprint density at radius 2 is 1.81 bits per heavy atom. The molecule has 1 saturated carbocycles. The van der Waals surface area contributed by atoms with Gasteiger partial charge >= 0.3 is 0 Å². The van der Waals surface area contributed by atoms with E-state index < -0.39 is 6.04 Å². The molecule has 2 rings (SSSR count). The minimum absolute atomic E-state index is 0.0101. The number of nitrogens with zero attached hydrogens (tertiary/aromatic N) is 1. The van der Waals surface area contributed by atoms with Crippen molar-refractivity contribution in [1.82, 2.24) is 10.2 Å². The fraction of sp³-hybridized carbons (Fsp3) is 0.636. The first-order valence-corrected chi connectivity index (χ1v) is 9.91. The third-order valence-electron chi connectivity index (χ3n) is 5.49. The number of nitrogens with one attached hydrogen (secondary N) is 1. The molecule has 1 atom stereocenters. The lowest BCUT2D eigenvalue weighted by molar-refractivity contribution is -0.138. The van der Waals surface area contributed by atoms with Gasteiger partial charge in [0.2, 0.25) is 11.8 Å². The van der Waals surface area contributed by atoms with E-state index in [4.69, 9.17) is 0 Å². The van der Waals surface area contributed by atoms with Gasteiger partial charge in [-0.05, 0) is 43.7 Å². The molecule has 0 aromatic heterocycles. The molecule has 1 aromatic rings. The van der Waals surface area contributed by atoms with Crippen LogP contribution in [0.1, 0.15) is 62.6 Å². The molecule has 2 amide bonds. The Balaban J connectivity index is 2.03. The van der Waals surface area contributed by atoms with Crippen LogP contribution in [0, 0.1) is 25.7 Å². The number of rotatable bonds is 6. The quantitative estimate of drug-likeness (QED) is 0.836. The third kappa shape index (κ3) is 5.33. The summed E-state index contributed by atoms with van der Waals surface area (Å²) < 4.78 is 0. The summed E-state index contributed by atoms with van der Waals surface area (Å²) in [6.45, 7) is 8.70. The van der Waals surface area contributed by atoms with Crippen LogP contribution in [0.5, 0.6) is 0 Å². The highest BCUT2D eigenvalue weighted by atomic mass is 16.2. The summed E-state index contributed by atoms with van der Waals surface area (Å²) in [6, 6.07) is 5.84. The third-order valence-corrected chi connectivity index (χ3v) is 5.49. The van der Waals surface area contributed by atoms with Crippen molar-refractivity contribution in [3.05, 3.63) is 34.9 Å². The van der Waals surface area contributed by atoms with Crippen molar-refractivity contribution in [2.75, 3.05) is 7.05 Å². The molecule has 4 nitrogen and oxygen atoms in total. The number of hydrogen-bond acceptors (Lipinski definition) is 2. The lowest BCUT2D eigenvalue weighted by Crippen LogP contribution is -2.51. The van der Waals surface area contributed by atoms with E-state index in [2.05, 4.69) is 37.4 Å². The SMILES string of the molecule is Cc1ccc(CN(C)C(=O)C(NC(=O)C2CCCCC2)C(C)C)c(C)c1. The summed E-state index contributed by atoms with van der Waals surface area (Å²) in [5.41, 5.74) is 3.56. The average Bonchev–Trinajstić information content (AvgIpc) is 2.61. The van der Waals surface area contributed by atoms with Crippen molar-refractivity contribution in [1.29, 1.82) is 0 Å². The highest BCUT2D eigenvalue weighted by molar-refractivity contribution is 5.88. The van der Waals surface area contributed by atoms with Crippen LogP contribution in [0.25, 0.3) is 0 Å². The van der Waals surface area contributed by atoms with Crippen molar-refractivity contribution in [2.24, 2.45) is 11.8 Å². The number of hydrogen-bond donors (Lipinski definition) is 1. The first kappa shape index (κ1) is 20.5. The summed E-state index contributed by atoms with van der Waals surface area (Å²) in [6.07, 6.45) is 5.34. The molecular weight excluding hydrogens is 324 g/mol. The molecule has 1 aliphatic rings. The number of benzene rings is 1. The summed E-state index contributed by atoms with van der Waals surface area (Å²) in [4.78, 5) is 27.3. The molecule has 0 bridgehead atoms. The molecule has 144 valence electrons. The van der Waals surface area contributed by atoms with Crippen molar-refractivity contribution < 1.29 is 9.59 Å². The number of carbonyl (C=O) groups is 2. The average molecular weight is 359 g/mol. The Kier molecular flexibility index (Phi) is 7.24. The highest BCUT2D eigenvalue weighted by Crippen LogP contribution is 2.24. The van der Waals surface area contributed by atoms with Crippen LogP contribution >= 0.6 is 0 Å². The lowest BCUT2D eigenvalue weighted by Gasteiger charge is -2.30. The number of carbonyl (C=O) groups excluding carboxylic acids is 2. The second-order valence-corrected chi connectivity index (χ2v) is 8.19. The number of aryl methyl sites for hydroxylation is 2. The maximum Gasteiger partial charge on any atom is 0.245 e. The number of amides is 2. The second-order valence-electron chi connectivity index (χ2n) is 8.19. The Labute approximate surface area is 158 Å². The maximum absolute atomic E-state index is 13.0. The van der Waals surface area contributed by atoms with Crippen molar-refractivity contribution in [3.8, 4) is 0 Å². The molecule has 26 heavy (non-hydrogen) atoms. The van der Waals surface area contributed by atoms with Crippen molar-refractivity contribution >= 4 is 11.8 Å². The van der Waals surface area contributed by atoms with Gasteiger partial charge in [-0.2, -0.15) is 0 Å². The fourth-order valence-corrected chi connectivity index (χ4v) is 3.74. The van der Waals surface area contributed by atoms with E-state index >= 15 is 0 Å². The molecule has 0 spiro atoms. The van der Waals surface area contributed by atoms with Crippen molar-refractivity contribution in [3.63, 3.8) is 0 Å². The monoisotopic (exact) mass is 358 g/mol. The largest absolute Gasteiger partial charge is 0.344 e. The van der Waals surface area contributed by atoms with Gasteiger partial charge < -0.3 is 10.2 Å². The Morgan fingerprint density at radius 1 is 1.15 bits per heavy atom. The highest BCUT2D eigenvalue weighted by Gasteiger charge is 2.30. The zero-order valence-electron chi connectivity index (χ0n) is 17.0. The Bertz CT molecular complexity index is 633. The Hall–Kier alpha value is -1.84. The first-order valence-electron chi connectivity index (χ1n) is 9.91.